The standard InChI is InChI=1S/C12H16N2O2.C12H19N.C3H6O.C2H6/c1-10-6-11(4-5-13-10)7-14(9-16)12(2,3)8-15;1-12(2,3)10-6-8-11(9-7-10)13(4)5;1-3(2)4;1-2/h4-6,8-9H,7H2,1-3H3;6-9H,1-5H3;1-2H3;1-2H3. The number of pyridine rings is 1. The quantitative estimate of drug-likeness (QED) is 0.470. The van der Waals surface area contributed by atoms with Crippen LogP contribution in [0.1, 0.15) is 79.1 Å². The van der Waals surface area contributed by atoms with Crippen molar-refractivity contribution in [1.29, 1.82) is 0 Å². The Morgan fingerprint density at radius 2 is 1.43 bits per heavy atom. The van der Waals surface area contributed by atoms with E-state index in [1.165, 1.54) is 30.0 Å². The number of benzene rings is 1. The predicted octanol–water partition coefficient (Wildman–Crippen LogP) is 6.00. The summed E-state index contributed by atoms with van der Waals surface area (Å²) >= 11 is 0. The summed E-state index contributed by atoms with van der Waals surface area (Å²) in [7, 11) is 4.12. The molecule has 0 radical (unpaired) electrons. The van der Waals surface area contributed by atoms with Crippen LogP contribution in [-0.4, -0.2) is 48.0 Å². The topological polar surface area (TPSA) is 70.6 Å². The van der Waals surface area contributed by atoms with Crippen molar-refractivity contribution in [2.45, 2.75) is 86.7 Å². The minimum atomic E-state index is -0.779. The lowest BCUT2D eigenvalue weighted by Crippen LogP contribution is -2.43. The summed E-state index contributed by atoms with van der Waals surface area (Å²) in [5.41, 5.74) is 3.98. The first-order chi connectivity index (χ1) is 16.1. The number of carbonyl (C=O) groups is 3. The molecule has 0 fully saturated rings. The summed E-state index contributed by atoms with van der Waals surface area (Å²) < 4.78 is 0. The van der Waals surface area contributed by atoms with Crippen molar-refractivity contribution in [3.63, 3.8) is 0 Å². The fourth-order valence-corrected chi connectivity index (χ4v) is 2.60. The molecule has 0 aliphatic rings. The van der Waals surface area contributed by atoms with Crippen molar-refractivity contribution in [3.8, 4) is 0 Å². The third kappa shape index (κ3) is 14.8. The molecule has 0 spiro atoms. The van der Waals surface area contributed by atoms with E-state index >= 15 is 0 Å². The molecule has 0 N–H and O–H groups in total. The number of ketones is 1. The van der Waals surface area contributed by atoms with Crippen LogP contribution >= 0.6 is 0 Å². The first kappa shape index (κ1) is 34.1. The zero-order valence-electron chi connectivity index (χ0n) is 24.0. The fraction of sp³-hybridized carbons (Fsp3) is 0.517. The number of Topliss-reactive ketones (excluding diaryl/α,β-unsaturated/α-hetero) is 1. The summed E-state index contributed by atoms with van der Waals surface area (Å²) in [5.74, 6) is 0.167. The minimum Gasteiger partial charge on any atom is -0.378 e. The van der Waals surface area contributed by atoms with Crippen molar-refractivity contribution in [2.24, 2.45) is 0 Å². The Kier molecular flexibility index (Phi) is 16.2. The Balaban J connectivity index is 0. The van der Waals surface area contributed by atoms with E-state index in [1.54, 1.807) is 20.0 Å². The van der Waals surface area contributed by atoms with Crippen molar-refractivity contribution in [3.05, 3.63) is 59.4 Å². The van der Waals surface area contributed by atoms with Gasteiger partial charge in [-0.1, -0.05) is 46.8 Å². The highest BCUT2D eigenvalue weighted by Crippen LogP contribution is 2.24. The zero-order chi connectivity index (χ0) is 27.8. The molecular weight excluding hydrogens is 438 g/mol. The highest BCUT2D eigenvalue weighted by atomic mass is 16.1. The predicted molar refractivity (Wildman–Crippen MR) is 148 cm³/mol. The Morgan fingerprint density at radius 3 is 1.77 bits per heavy atom. The number of amides is 1. The SMILES string of the molecule is CC.CC(C)=O.CN(C)c1ccc(C(C)(C)C)cc1.Cc1cc(CN(C=O)C(C)(C)C=O)ccn1. The molecule has 1 aromatic heterocycles. The van der Waals surface area contributed by atoms with Gasteiger partial charge in [0.1, 0.15) is 12.1 Å². The van der Waals surface area contributed by atoms with Crippen LogP contribution in [0.4, 0.5) is 5.69 Å². The molecule has 196 valence electrons. The van der Waals surface area contributed by atoms with Crippen LogP contribution in [0.5, 0.6) is 0 Å². The normalized spacial score (nSPS) is 10.2. The van der Waals surface area contributed by atoms with Crippen LogP contribution in [0.15, 0.2) is 42.6 Å². The van der Waals surface area contributed by atoms with Gasteiger partial charge < -0.3 is 19.4 Å². The lowest BCUT2D eigenvalue weighted by Gasteiger charge is -2.30. The Hall–Kier alpha value is -3.02. The molecule has 0 unspecified atom stereocenters. The Bertz CT molecular complexity index is 879. The molecule has 35 heavy (non-hydrogen) atoms. The molecule has 6 heteroatoms. The Labute approximate surface area is 213 Å². The van der Waals surface area contributed by atoms with Gasteiger partial charge in [-0.2, -0.15) is 0 Å². The fourth-order valence-electron chi connectivity index (χ4n) is 2.60. The van der Waals surface area contributed by atoms with E-state index < -0.39 is 5.54 Å². The summed E-state index contributed by atoms with van der Waals surface area (Å²) in [6, 6.07) is 12.5. The van der Waals surface area contributed by atoms with E-state index in [0.29, 0.717) is 13.0 Å². The highest BCUT2D eigenvalue weighted by Gasteiger charge is 2.24. The molecule has 2 aromatic rings. The number of carbonyl (C=O) groups excluding carboxylic acids is 3. The van der Waals surface area contributed by atoms with Gasteiger partial charge in [0.25, 0.3) is 0 Å². The van der Waals surface area contributed by atoms with Gasteiger partial charge in [0.05, 0.1) is 5.54 Å². The maximum Gasteiger partial charge on any atom is 0.210 e. The van der Waals surface area contributed by atoms with Crippen LogP contribution in [-0.2, 0) is 26.3 Å². The van der Waals surface area contributed by atoms with Crippen molar-refractivity contribution in [2.75, 3.05) is 19.0 Å². The first-order valence-electron chi connectivity index (χ1n) is 12.0. The largest absolute Gasteiger partial charge is 0.378 e. The Morgan fingerprint density at radius 1 is 0.943 bits per heavy atom. The molecular formula is C29H47N3O3. The van der Waals surface area contributed by atoms with Crippen LogP contribution in [0, 0.1) is 6.92 Å². The van der Waals surface area contributed by atoms with E-state index in [9.17, 15) is 14.4 Å². The second kappa shape index (κ2) is 16.6. The van der Waals surface area contributed by atoms with E-state index in [2.05, 4.69) is 69.0 Å². The molecule has 2 rings (SSSR count). The van der Waals surface area contributed by atoms with Crippen molar-refractivity contribution >= 4 is 24.2 Å². The molecule has 1 amide bonds. The number of hydrogen-bond donors (Lipinski definition) is 0. The maximum atomic E-state index is 11.0. The minimum absolute atomic E-state index is 0.167. The molecule has 0 aliphatic carbocycles. The highest BCUT2D eigenvalue weighted by molar-refractivity contribution is 5.72. The third-order valence-corrected chi connectivity index (χ3v) is 4.72. The lowest BCUT2D eigenvalue weighted by atomic mass is 9.87. The van der Waals surface area contributed by atoms with Gasteiger partial charge in [-0.05, 0) is 75.4 Å². The van der Waals surface area contributed by atoms with Gasteiger partial charge in [-0.3, -0.25) is 9.78 Å². The molecule has 0 aliphatic heterocycles. The molecule has 1 heterocycles. The molecule has 0 saturated carbocycles. The van der Waals surface area contributed by atoms with E-state index in [4.69, 9.17) is 0 Å². The second-order valence-corrected chi connectivity index (χ2v) is 9.91. The molecule has 0 atom stereocenters. The number of hydrogen-bond acceptors (Lipinski definition) is 5. The number of anilines is 1. The maximum absolute atomic E-state index is 11.0. The van der Waals surface area contributed by atoms with Gasteiger partial charge in [0.15, 0.2) is 0 Å². The monoisotopic (exact) mass is 485 g/mol. The van der Waals surface area contributed by atoms with Crippen molar-refractivity contribution in [1.82, 2.24) is 9.88 Å². The summed E-state index contributed by atoms with van der Waals surface area (Å²) in [6.07, 6.45) is 3.17. The average molecular weight is 486 g/mol. The van der Waals surface area contributed by atoms with Crippen LogP contribution in [0.3, 0.4) is 0 Å². The van der Waals surface area contributed by atoms with Crippen molar-refractivity contribution < 1.29 is 14.4 Å². The van der Waals surface area contributed by atoms with Gasteiger partial charge >= 0.3 is 0 Å². The molecule has 0 bridgehead atoms. The number of aryl methyl sites for hydroxylation is 1. The number of aldehydes is 1. The third-order valence-electron chi connectivity index (χ3n) is 4.72. The molecule has 6 nitrogen and oxygen atoms in total. The number of aromatic nitrogens is 1. The molecule has 1 aromatic carbocycles. The summed E-state index contributed by atoms with van der Waals surface area (Å²) in [6.45, 7) is 19.5. The van der Waals surface area contributed by atoms with Gasteiger partial charge in [0.2, 0.25) is 6.41 Å². The van der Waals surface area contributed by atoms with Gasteiger partial charge in [-0.25, -0.2) is 0 Å². The second-order valence-electron chi connectivity index (χ2n) is 9.91. The van der Waals surface area contributed by atoms with Crippen LogP contribution in [0.25, 0.3) is 0 Å². The summed E-state index contributed by atoms with van der Waals surface area (Å²) in [5, 5.41) is 0. The smallest absolute Gasteiger partial charge is 0.210 e. The van der Waals surface area contributed by atoms with Crippen LogP contribution in [0.2, 0.25) is 0 Å². The molecule has 0 saturated heterocycles. The summed E-state index contributed by atoms with van der Waals surface area (Å²) in [4.78, 5) is 38.9. The lowest BCUT2D eigenvalue weighted by molar-refractivity contribution is -0.130. The van der Waals surface area contributed by atoms with E-state index in [1.807, 2.05) is 32.9 Å². The zero-order valence-corrected chi connectivity index (χ0v) is 24.0. The number of nitrogens with zero attached hydrogens (tertiary/aromatic N) is 3. The van der Waals surface area contributed by atoms with Gasteiger partial charge in [-0.15, -0.1) is 0 Å². The van der Waals surface area contributed by atoms with Gasteiger partial charge in [0, 0.05) is 38.2 Å². The first-order valence-corrected chi connectivity index (χ1v) is 12.0. The van der Waals surface area contributed by atoms with Crippen LogP contribution < -0.4 is 4.90 Å². The average Bonchev–Trinajstić information content (AvgIpc) is 2.78. The number of rotatable bonds is 6. The van der Waals surface area contributed by atoms with E-state index in [-0.39, 0.29) is 11.2 Å². The van der Waals surface area contributed by atoms with E-state index in [0.717, 1.165) is 17.5 Å².